The summed E-state index contributed by atoms with van der Waals surface area (Å²) in [6, 6.07) is 7.16. The molecule has 0 bridgehead atoms. The van der Waals surface area contributed by atoms with Crippen molar-refractivity contribution in [3.8, 4) is 17.2 Å². The third kappa shape index (κ3) is 5.02. The SMILES string of the molecule is CCCc1cc(C(O)(C(F)F)C(F)(F)F)ccc1OCCCN1C(=O)NC(CC)(c2ccc3c(c2)OCO3)C1=O. The van der Waals surface area contributed by atoms with Gasteiger partial charge in [-0.25, -0.2) is 13.6 Å². The first-order valence-electron chi connectivity index (χ1n) is 12.8. The molecule has 13 heteroatoms. The molecule has 3 amide bonds. The van der Waals surface area contributed by atoms with E-state index in [-0.39, 0.29) is 50.5 Å². The van der Waals surface area contributed by atoms with E-state index in [0.717, 1.165) is 23.1 Å². The molecule has 218 valence electrons. The number of hydrogen-bond donors (Lipinski definition) is 2. The van der Waals surface area contributed by atoms with Gasteiger partial charge in [-0.05, 0) is 60.2 Å². The molecule has 2 aliphatic rings. The third-order valence-corrected chi connectivity index (χ3v) is 7.12. The number of rotatable bonds is 11. The highest BCUT2D eigenvalue weighted by atomic mass is 19.4. The van der Waals surface area contributed by atoms with Crippen LogP contribution in [0.1, 0.15) is 49.8 Å². The Morgan fingerprint density at radius 1 is 1.10 bits per heavy atom. The number of aryl methyl sites for hydroxylation is 1. The molecule has 0 saturated carbocycles. The molecule has 40 heavy (non-hydrogen) atoms. The second-order valence-electron chi connectivity index (χ2n) is 9.55. The Bertz CT molecular complexity index is 1270. The van der Waals surface area contributed by atoms with Gasteiger partial charge in [-0.1, -0.05) is 32.4 Å². The summed E-state index contributed by atoms with van der Waals surface area (Å²) in [6.07, 6.45) is -8.53. The fourth-order valence-electron chi connectivity index (χ4n) is 4.87. The van der Waals surface area contributed by atoms with Crippen LogP contribution in [-0.4, -0.2) is 54.5 Å². The van der Waals surface area contributed by atoms with E-state index in [9.17, 15) is 36.6 Å². The first-order chi connectivity index (χ1) is 18.9. The number of hydrogen-bond acceptors (Lipinski definition) is 6. The molecular formula is C27H29F5N2O6. The van der Waals surface area contributed by atoms with Gasteiger partial charge in [0.05, 0.1) is 6.61 Å². The summed E-state index contributed by atoms with van der Waals surface area (Å²) in [4.78, 5) is 27.2. The highest BCUT2D eigenvalue weighted by Crippen LogP contribution is 2.44. The number of carbonyl (C=O) groups excluding carboxylic acids is 2. The van der Waals surface area contributed by atoms with Gasteiger partial charge in [0.25, 0.3) is 12.3 Å². The zero-order valence-electron chi connectivity index (χ0n) is 21.8. The fraction of sp³-hybridized carbons (Fsp3) is 0.481. The third-order valence-electron chi connectivity index (χ3n) is 7.12. The van der Waals surface area contributed by atoms with Crippen molar-refractivity contribution in [1.82, 2.24) is 10.2 Å². The molecule has 1 saturated heterocycles. The number of amides is 3. The van der Waals surface area contributed by atoms with Crippen LogP contribution in [0.2, 0.25) is 0 Å². The largest absolute Gasteiger partial charge is 0.493 e. The molecule has 2 aliphatic heterocycles. The van der Waals surface area contributed by atoms with Crippen LogP contribution in [0.15, 0.2) is 36.4 Å². The zero-order chi connectivity index (χ0) is 29.3. The Hall–Kier alpha value is -3.61. The molecule has 4 rings (SSSR count). The molecule has 2 N–H and O–H groups in total. The van der Waals surface area contributed by atoms with Crippen molar-refractivity contribution in [2.75, 3.05) is 19.9 Å². The summed E-state index contributed by atoms with van der Waals surface area (Å²) in [5, 5.41) is 12.6. The predicted molar refractivity (Wildman–Crippen MR) is 131 cm³/mol. The van der Waals surface area contributed by atoms with Crippen LogP contribution >= 0.6 is 0 Å². The fourth-order valence-corrected chi connectivity index (χ4v) is 4.87. The lowest BCUT2D eigenvalue weighted by atomic mass is 9.87. The molecule has 0 aromatic heterocycles. The van der Waals surface area contributed by atoms with Gasteiger partial charge in [-0.2, -0.15) is 13.2 Å². The number of carbonyl (C=O) groups is 2. The lowest BCUT2D eigenvalue weighted by Gasteiger charge is -2.30. The normalized spacial score (nSPS) is 20.2. The van der Waals surface area contributed by atoms with Crippen LogP contribution in [-0.2, 0) is 22.4 Å². The number of halogens is 5. The number of urea groups is 1. The minimum Gasteiger partial charge on any atom is -0.493 e. The van der Waals surface area contributed by atoms with Crippen LogP contribution < -0.4 is 19.5 Å². The Labute approximate surface area is 227 Å². The predicted octanol–water partition coefficient (Wildman–Crippen LogP) is 5.01. The van der Waals surface area contributed by atoms with E-state index in [2.05, 4.69) is 5.32 Å². The quantitative estimate of drug-likeness (QED) is 0.223. The standard InChI is InChI=1S/C27H29F5N2O6/c1-3-6-16-13-18(26(37,22(28)29)27(30,31)32)8-9-19(16)38-12-5-11-34-23(35)25(4-2,33-24(34)36)17-7-10-20-21(14-17)40-15-39-20/h7-10,13-14,22,37H,3-6,11-12,15H2,1-2H3,(H,33,36). The number of benzene rings is 2. The van der Waals surface area contributed by atoms with Crippen molar-refractivity contribution in [3.63, 3.8) is 0 Å². The Balaban J connectivity index is 1.44. The van der Waals surface area contributed by atoms with Crippen molar-refractivity contribution >= 4 is 11.9 Å². The van der Waals surface area contributed by atoms with Crippen LogP contribution in [0, 0.1) is 0 Å². The van der Waals surface area contributed by atoms with Gasteiger partial charge in [0, 0.05) is 6.54 Å². The van der Waals surface area contributed by atoms with E-state index in [0.29, 0.717) is 23.5 Å². The minimum atomic E-state index is -5.59. The summed E-state index contributed by atoms with van der Waals surface area (Å²) in [5.41, 5.74) is -5.83. The second-order valence-corrected chi connectivity index (χ2v) is 9.55. The van der Waals surface area contributed by atoms with Gasteiger partial charge in [0.2, 0.25) is 12.4 Å². The highest BCUT2D eigenvalue weighted by Gasteiger charge is 2.61. The van der Waals surface area contributed by atoms with Crippen molar-refractivity contribution in [2.45, 2.75) is 63.3 Å². The number of imide groups is 1. The second kappa shape index (κ2) is 11.1. The lowest BCUT2D eigenvalue weighted by molar-refractivity contribution is -0.305. The van der Waals surface area contributed by atoms with Gasteiger partial charge in [0.15, 0.2) is 11.5 Å². The molecule has 2 aromatic carbocycles. The molecule has 1 fully saturated rings. The molecule has 2 unspecified atom stereocenters. The monoisotopic (exact) mass is 572 g/mol. The summed E-state index contributed by atoms with van der Waals surface area (Å²) in [5.74, 6) is 0.710. The van der Waals surface area contributed by atoms with Crippen LogP contribution in [0.5, 0.6) is 17.2 Å². The number of ether oxygens (including phenoxy) is 3. The molecule has 0 aliphatic carbocycles. The number of nitrogens with one attached hydrogen (secondary N) is 1. The van der Waals surface area contributed by atoms with Crippen LogP contribution in [0.4, 0.5) is 26.7 Å². The average Bonchev–Trinajstić information content (AvgIpc) is 3.48. The van der Waals surface area contributed by atoms with Gasteiger partial charge < -0.3 is 24.6 Å². The van der Waals surface area contributed by atoms with Gasteiger partial charge >= 0.3 is 12.2 Å². The smallest absolute Gasteiger partial charge is 0.427 e. The maximum atomic E-state index is 13.4. The zero-order valence-corrected chi connectivity index (χ0v) is 21.8. The summed E-state index contributed by atoms with van der Waals surface area (Å²) < 4.78 is 83.0. The number of aliphatic hydroxyl groups is 1. The first-order valence-corrected chi connectivity index (χ1v) is 12.8. The van der Waals surface area contributed by atoms with Crippen molar-refractivity contribution in [3.05, 3.63) is 53.1 Å². The maximum Gasteiger partial charge on any atom is 0.427 e. The van der Waals surface area contributed by atoms with E-state index in [1.165, 1.54) is 0 Å². The highest BCUT2D eigenvalue weighted by molar-refractivity contribution is 6.07. The van der Waals surface area contributed by atoms with E-state index in [4.69, 9.17) is 14.2 Å². The summed E-state index contributed by atoms with van der Waals surface area (Å²) in [6.45, 7) is 3.55. The van der Waals surface area contributed by atoms with Crippen LogP contribution in [0.3, 0.4) is 0 Å². The Morgan fingerprint density at radius 3 is 2.48 bits per heavy atom. The molecule has 2 heterocycles. The Kier molecular flexibility index (Phi) is 8.16. The van der Waals surface area contributed by atoms with Crippen molar-refractivity contribution in [1.29, 1.82) is 0 Å². The average molecular weight is 573 g/mol. The van der Waals surface area contributed by atoms with E-state index in [1.807, 2.05) is 0 Å². The van der Waals surface area contributed by atoms with E-state index >= 15 is 0 Å². The van der Waals surface area contributed by atoms with E-state index in [1.54, 1.807) is 32.0 Å². The summed E-state index contributed by atoms with van der Waals surface area (Å²) >= 11 is 0. The Morgan fingerprint density at radius 2 is 1.82 bits per heavy atom. The molecule has 8 nitrogen and oxygen atoms in total. The van der Waals surface area contributed by atoms with Crippen molar-refractivity contribution in [2.24, 2.45) is 0 Å². The first kappa shape index (κ1) is 29.4. The lowest BCUT2D eigenvalue weighted by Crippen LogP contribution is -2.48. The van der Waals surface area contributed by atoms with Gasteiger partial charge in [-0.15, -0.1) is 0 Å². The number of nitrogens with zero attached hydrogens (tertiary/aromatic N) is 1. The van der Waals surface area contributed by atoms with Gasteiger partial charge in [-0.3, -0.25) is 9.69 Å². The molecule has 0 spiro atoms. The molecule has 2 atom stereocenters. The summed E-state index contributed by atoms with van der Waals surface area (Å²) in [7, 11) is 0. The van der Waals surface area contributed by atoms with Gasteiger partial charge in [0.1, 0.15) is 11.3 Å². The van der Waals surface area contributed by atoms with Crippen molar-refractivity contribution < 1.29 is 50.9 Å². The minimum absolute atomic E-state index is 0.00261. The molecule has 0 radical (unpaired) electrons. The van der Waals surface area contributed by atoms with Crippen LogP contribution in [0.25, 0.3) is 0 Å². The number of fused-ring (bicyclic) bond motifs is 1. The molecule has 2 aromatic rings. The van der Waals surface area contributed by atoms with E-state index < -0.39 is 41.2 Å². The molecular weight excluding hydrogens is 543 g/mol. The topological polar surface area (TPSA) is 97.3 Å². The maximum absolute atomic E-state index is 13.4. The number of alkyl halides is 5.